The lowest BCUT2D eigenvalue weighted by molar-refractivity contribution is -0.133. The van der Waals surface area contributed by atoms with Crippen LogP contribution in [0.25, 0.3) is 0 Å². The second-order valence-electron chi connectivity index (χ2n) is 9.43. The summed E-state index contributed by atoms with van der Waals surface area (Å²) in [5.41, 5.74) is 0.183. The van der Waals surface area contributed by atoms with Crippen molar-refractivity contribution in [2.24, 2.45) is 5.92 Å². The zero-order chi connectivity index (χ0) is 22.8. The second-order valence-corrected chi connectivity index (χ2v) is 9.43. The zero-order valence-corrected chi connectivity index (χ0v) is 18.8. The molecule has 0 radical (unpaired) electrons. The maximum Gasteiger partial charge on any atom is 0.249 e. The molecule has 3 aliphatic heterocycles. The van der Waals surface area contributed by atoms with E-state index in [2.05, 4.69) is 34.7 Å². The molecule has 0 aromatic heterocycles. The average Bonchev–Trinajstić information content (AvgIpc) is 2.73. The fraction of sp³-hybridized carbons (Fsp3) is 0.652. The molecule has 3 heterocycles. The van der Waals surface area contributed by atoms with Crippen LogP contribution in [0.1, 0.15) is 39.5 Å². The van der Waals surface area contributed by atoms with Gasteiger partial charge in [-0.3, -0.25) is 19.8 Å². The second kappa shape index (κ2) is 9.70. The number of hydrogen-bond donors (Lipinski definition) is 3. The largest absolute Gasteiger partial charge is 0.373 e. The highest BCUT2D eigenvalue weighted by Gasteiger charge is 2.34. The first kappa shape index (κ1) is 22.9. The van der Waals surface area contributed by atoms with Gasteiger partial charge in [0.15, 0.2) is 11.6 Å². The summed E-state index contributed by atoms with van der Waals surface area (Å²) >= 11 is 0. The molecule has 1 unspecified atom stereocenters. The molecule has 0 bridgehead atoms. The van der Waals surface area contributed by atoms with Crippen LogP contribution in [-0.2, 0) is 9.59 Å². The van der Waals surface area contributed by atoms with Gasteiger partial charge in [-0.25, -0.2) is 8.78 Å². The van der Waals surface area contributed by atoms with E-state index >= 15 is 8.78 Å². The molecule has 9 heteroatoms. The summed E-state index contributed by atoms with van der Waals surface area (Å²) in [6.45, 7) is 8.51. The number of hydrogen-bond acceptors (Lipinski definition) is 6. The van der Waals surface area contributed by atoms with Crippen LogP contribution in [0.4, 0.5) is 20.2 Å². The van der Waals surface area contributed by atoms with Crippen LogP contribution in [0.15, 0.2) is 12.1 Å². The van der Waals surface area contributed by atoms with Crippen molar-refractivity contribution in [1.82, 2.24) is 15.5 Å². The third-order valence-electron chi connectivity index (χ3n) is 6.94. The third kappa shape index (κ3) is 5.04. The molecule has 3 N–H and O–H groups in total. The number of amides is 2. The molecular weight excluding hydrogens is 416 g/mol. The number of rotatable bonds is 5. The van der Waals surface area contributed by atoms with Gasteiger partial charge in [0.2, 0.25) is 11.8 Å². The Morgan fingerprint density at radius 2 is 1.66 bits per heavy atom. The maximum atomic E-state index is 15.0. The molecule has 3 saturated heterocycles. The monoisotopic (exact) mass is 449 g/mol. The Bertz CT molecular complexity index is 826. The molecule has 0 aliphatic carbocycles. The molecule has 4 rings (SSSR count). The van der Waals surface area contributed by atoms with Gasteiger partial charge in [-0.05, 0) is 64.3 Å². The molecule has 3 aliphatic rings. The van der Waals surface area contributed by atoms with Crippen molar-refractivity contribution in [2.75, 3.05) is 42.9 Å². The van der Waals surface area contributed by atoms with Crippen molar-refractivity contribution in [1.29, 1.82) is 0 Å². The number of halogens is 2. The Kier molecular flexibility index (Phi) is 6.95. The Labute approximate surface area is 187 Å². The van der Waals surface area contributed by atoms with Crippen LogP contribution in [-0.4, -0.2) is 67.6 Å². The van der Waals surface area contributed by atoms with Gasteiger partial charge < -0.3 is 15.5 Å². The molecule has 176 valence electrons. The van der Waals surface area contributed by atoms with Crippen LogP contribution in [0, 0.1) is 17.6 Å². The van der Waals surface area contributed by atoms with E-state index in [0.29, 0.717) is 25.4 Å². The van der Waals surface area contributed by atoms with Crippen LogP contribution in [0.2, 0.25) is 0 Å². The van der Waals surface area contributed by atoms with E-state index in [9.17, 15) is 9.59 Å². The molecule has 7 nitrogen and oxygen atoms in total. The first-order valence-electron chi connectivity index (χ1n) is 11.6. The Morgan fingerprint density at radius 3 is 2.25 bits per heavy atom. The van der Waals surface area contributed by atoms with Gasteiger partial charge in [-0.15, -0.1) is 0 Å². The van der Waals surface area contributed by atoms with Gasteiger partial charge in [0.25, 0.3) is 0 Å². The van der Waals surface area contributed by atoms with Crippen LogP contribution in [0.3, 0.4) is 0 Å². The molecule has 0 spiro atoms. The fourth-order valence-corrected chi connectivity index (χ4v) is 5.24. The van der Waals surface area contributed by atoms with E-state index in [4.69, 9.17) is 0 Å². The SMILES string of the molecule is C[C@@H]1CN(c2c(F)cc(NC3CCC(=O)NC3=O)cc2F)C[C@@H](C)N1CC1CCNCC1. The van der Waals surface area contributed by atoms with Crippen molar-refractivity contribution < 1.29 is 18.4 Å². The van der Waals surface area contributed by atoms with E-state index < -0.39 is 23.6 Å². The first-order valence-corrected chi connectivity index (χ1v) is 11.6. The van der Waals surface area contributed by atoms with Gasteiger partial charge in [-0.2, -0.15) is 0 Å². The van der Waals surface area contributed by atoms with E-state index in [1.54, 1.807) is 4.90 Å². The van der Waals surface area contributed by atoms with Crippen molar-refractivity contribution in [3.63, 3.8) is 0 Å². The summed E-state index contributed by atoms with van der Waals surface area (Å²) in [5, 5.41) is 8.50. The normalized spacial score (nSPS) is 28.0. The highest BCUT2D eigenvalue weighted by atomic mass is 19.1. The minimum Gasteiger partial charge on any atom is -0.373 e. The van der Waals surface area contributed by atoms with Crippen LogP contribution >= 0.6 is 0 Å². The van der Waals surface area contributed by atoms with Gasteiger partial charge >= 0.3 is 0 Å². The summed E-state index contributed by atoms with van der Waals surface area (Å²) in [5.74, 6) is -1.43. The smallest absolute Gasteiger partial charge is 0.249 e. The average molecular weight is 450 g/mol. The third-order valence-corrected chi connectivity index (χ3v) is 6.94. The van der Waals surface area contributed by atoms with E-state index in [0.717, 1.165) is 19.6 Å². The van der Waals surface area contributed by atoms with Gasteiger partial charge in [-0.1, -0.05) is 0 Å². The van der Waals surface area contributed by atoms with Crippen LogP contribution in [0.5, 0.6) is 0 Å². The number of benzene rings is 1. The van der Waals surface area contributed by atoms with Crippen molar-refractivity contribution >= 4 is 23.2 Å². The highest BCUT2D eigenvalue weighted by Crippen LogP contribution is 2.31. The summed E-state index contributed by atoms with van der Waals surface area (Å²) in [6.07, 6.45) is 2.84. The van der Waals surface area contributed by atoms with Crippen molar-refractivity contribution in [3.05, 3.63) is 23.8 Å². The summed E-state index contributed by atoms with van der Waals surface area (Å²) < 4.78 is 30.1. The lowest BCUT2D eigenvalue weighted by Gasteiger charge is -2.47. The van der Waals surface area contributed by atoms with Crippen LogP contribution < -0.4 is 20.9 Å². The molecule has 1 aromatic carbocycles. The van der Waals surface area contributed by atoms with E-state index in [1.807, 2.05) is 0 Å². The molecule has 2 amide bonds. The summed E-state index contributed by atoms with van der Waals surface area (Å²) in [6, 6.07) is 2.16. The Balaban J connectivity index is 1.43. The number of anilines is 2. The van der Waals surface area contributed by atoms with Crippen molar-refractivity contribution in [2.45, 2.75) is 57.7 Å². The molecule has 3 atom stereocenters. The highest BCUT2D eigenvalue weighted by molar-refractivity contribution is 6.01. The van der Waals surface area contributed by atoms with Gasteiger partial charge in [0.05, 0.1) is 0 Å². The molecule has 32 heavy (non-hydrogen) atoms. The quantitative estimate of drug-likeness (QED) is 0.598. The lowest BCUT2D eigenvalue weighted by Crippen LogP contribution is -2.58. The predicted molar refractivity (Wildman–Crippen MR) is 120 cm³/mol. The number of carbonyl (C=O) groups excluding carboxylic acids is 2. The summed E-state index contributed by atoms with van der Waals surface area (Å²) in [7, 11) is 0. The number of nitrogens with zero attached hydrogens (tertiary/aromatic N) is 2. The van der Waals surface area contributed by atoms with Gasteiger partial charge in [0, 0.05) is 43.8 Å². The van der Waals surface area contributed by atoms with E-state index in [1.165, 1.54) is 25.0 Å². The fourth-order valence-electron chi connectivity index (χ4n) is 5.24. The molecule has 0 saturated carbocycles. The zero-order valence-electron chi connectivity index (χ0n) is 18.8. The first-order chi connectivity index (χ1) is 15.3. The van der Waals surface area contributed by atoms with E-state index in [-0.39, 0.29) is 35.8 Å². The predicted octanol–water partition coefficient (Wildman–Crippen LogP) is 2.08. The Hall–Kier alpha value is -2.26. The van der Waals surface area contributed by atoms with Crippen molar-refractivity contribution in [3.8, 4) is 0 Å². The number of piperazine rings is 1. The standard InChI is InChI=1S/C23H33F2N5O2/c1-14-11-29(12-15(2)30(14)13-16-5-7-26-8-6-16)22-18(24)9-17(10-19(22)25)27-20-3-4-21(31)28-23(20)32/h9-10,14-16,20,26-27H,3-8,11-13H2,1-2H3,(H,28,31,32)/t14-,15-,20?/m1/s1. The molecule has 3 fully saturated rings. The number of piperidine rings is 2. The summed E-state index contributed by atoms with van der Waals surface area (Å²) in [4.78, 5) is 27.5. The lowest BCUT2D eigenvalue weighted by atomic mass is 9.95. The Morgan fingerprint density at radius 1 is 1.03 bits per heavy atom. The number of carbonyl (C=O) groups is 2. The molecular formula is C23H33F2N5O2. The minimum atomic E-state index is -0.684. The number of nitrogens with one attached hydrogen (secondary N) is 3. The molecule has 1 aromatic rings. The van der Waals surface area contributed by atoms with Gasteiger partial charge in [0.1, 0.15) is 11.7 Å². The number of imide groups is 1. The topological polar surface area (TPSA) is 76.7 Å². The maximum absolute atomic E-state index is 15.0. The minimum absolute atomic E-state index is 0.0148.